The number of hydrogen-bond donors (Lipinski definition) is 2. The minimum Gasteiger partial charge on any atom is -0.369 e. The summed E-state index contributed by atoms with van der Waals surface area (Å²) in [6.45, 7) is 3.38. The minimum absolute atomic E-state index is 0.253. The first-order chi connectivity index (χ1) is 9.13. The van der Waals surface area contributed by atoms with E-state index in [0.717, 1.165) is 13.0 Å². The van der Waals surface area contributed by atoms with Crippen LogP contribution in [-0.4, -0.2) is 45.2 Å². The maximum Gasteiger partial charge on any atom is 0.271 e. The molecule has 1 rings (SSSR count). The number of aromatic nitrogens is 2. The van der Waals surface area contributed by atoms with Crippen LogP contribution in [0.3, 0.4) is 0 Å². The van der Waals surface area contributed by atoms with Crippen LogP contribution in [0.2, 0.25) is 0 Å². The minimum atomic E-state index is -0.819. The zero-order chi connectivity index (χ0) is 14.1. The van der Waals surface area contributed by atoms with Gasteiger partial charge in [0.25, 0.3) is 5.91 Å². The van der Waals surface area contributed by atoms with Crippen LogP contribution in [-0.2, 0) is 10.8 Å². The van der Waals surface area contributed by atoms with Crippen LogP contribution >= 0.6 is 0 Å². The molecule has 0 aliphatic rings. The van der Waals surface area contributed by atoms with Crippen LogP contribution in [0.15, 0.2) is 12.4 Å². The Labute approximate surface area is 115 Å². The van der Waals surface area contributed by atoms with Crippen LogP contribution in [0.5, 0.6) is 0 Å². The van der Waals surface area contributed by atoms with Crippen molar-refractivity contribution in [2.45, 2.75) is 19.8 Å². The second-order valence-electron chi connectivity index (χ2n) is 4.10. The molecule has 19 heavy (non-hydrogen) atoms. The van der Waals surface area contributed by atoms with Crippen molar-refractivity contribution in [3.05, 3.63) is 18.1 Å². The van der Waals surface area contributed by atoms with E-state index in [1.165, 1.54) is 6.20 Å². The van der Waals surface area contributed by atoms with E-state index in [1.54, 1.807) is 12.5 Å². The molecule has 0 bridgehead atoms. The molecule has 0 saturated carbocycles. The third-order valence-corrected chi connectivity index (χ3v) is 3.20. The third-order valence-electron chi connectivity index (χ3n) is 2.33. The van der Waals surface area contributed by atoms with Crippen LogP contribution in [0.25, 0.3) is 0 Å². The Morgan fingerprint density at radius 2 is 2.11 bits per heavy atom. The van der Waals surface area contributed by atoms with Gasteiger partial charge in [0, 0.05) is 35.9 Å². The number of hydrogen-bond acceptors (Lipinski definition) is 5. The van der Waals surface area contributed by atoms with E-state index >= 15 is 0 Å². The van der Waals surface area contributed by atoms with E-state index in [-0.39, 0.29) is 5.91 Å². The fourth-order valence-corrected chi connectivity index (χ4v) is 1.91. The molecular weight excluding hydrogens is 264 g/mol. The summed E-state index contributed by atoms with van der Waals surface area (Å²) in [7, 11) is -0.819. The zero-order valence-corrected chi connectivity index (χ0v) is 12.1. The van der Waals surface area contributed by atoms with Gasteiger partial charge in [-0.25, -0.2) is 9.97 Å². The molecular formula is C12H20N4O2S. The number of carbonyl (C=O) groups excluding carboxylic acids is 1. The van der Waals surface area contributed by atoms with Gasteiger partial charge < -0.3 is 10.6 Å². The van der Waals surface area contributed by atoms with Gasteiger partial charge >= 0.3 is 0 Å². The van der Waals surface area contributed by atoms with E-state index in [4.69, 9.17) is 0 Å². The number of amides is 1. The van der Waals surface area contributed by atoms with E-state index in [9.17, 15) is 9.00 Å². The zero-order valence-electron chi connectivity index (χ0n) is 11.3. The highest BCUT2D eigenvalue weighted by atomic mass is 32.2. The molecule has 0 aliphatic heterocycles. The van der Waals surface area contributed by atoms with Gasteiger partial charge in [-0.1, -0.05) is 6.92 Å². The predicted octanol–water partition coefficient (Wildman–Crippen LogP) is 0.797. The Morgan fingerprint density at radius 1 is 1.32 bits per heavy atom. The van der Waals surface area contributed by atoms with Gasteiger partial charge in [-0.05, 0) is 12.8 Å². The van der Waals surface area contributed by atoms with Crippen molar-refractivity contribution in [3.63, 3.8) is 0 Å². The lowest BCUT2D eigenvalue weighted by Crippen LogP contribution is -2.26. The maximum atomic E-state index is 11.7. The molecule has 0 aliphatic carbocycles. The number of carbonyl (C=O) groups is 1. The van der Waals surface area contributed by atoms with Gasteiger partial charge in [0.05, 0.1) is 12.4 Å². The highest BCUT2D eigenvalue weighted by Gasteiger charge is 2.07. The van der Waals surface area contributed by atoms with Gasteiger partial charge in [-0.15, -0.1) is 0 Å². The van der Waals surface area contributed by atoms with Crippen LogP contribution in [0, 0.1) is 0 Å². The lowest BCUT2D eigenvalue weighted by Gasteiger charge is -2.05. The largest absolute Gasteiger partial charge is 0.369 e. The second-order valence-corrected chi connectivity index (χ2v) is 5.66. The molecule has 1 aromatic heterocycles. The number of nitrogens with zero attached hydrogens (tertiary/aromatic N) is 2. The molecule has 1 aromatic rings. The average Bonchev–Trinajstić information content (AvgIpc) is 2.41. The third kappa shape index (κ3) is 6.28. The van der Waals surface area contributed by atoms with Crippen molar-refractivity contribution in [1.82, 2.24) is 15.3 Å². The monoisotopic (exact) mass is 284 g/mol. The summed E-state index contributed by atoms with van der Waals surface area (Å²) >= 11 is 0. The van der Waals surface area contributed by atoms with Crippen molar-refractivity contribution < 1.29 is 9.00 Å². The first-order valence-corrected chi connectivity index (χ1v) is 8.00. The highest BCUT2D eigenvalue weighted by molar-refractivity contribution is 7.84. The lowest BCUT2D eigenvalue weighted by atomic mass is 10.4. The van der Waals surface area contributed by atoms with Crippen LogP contribution in [0.4, 0.5) is 5.82 Å². The van der Waals surface area contributed by atoms with E-state index in [1.807, 2.05) is 0 Å². The van der Waals surface area contributed by atoms with Gasteiger partial charge in [0.15, 0.2) is 0 Å². The fraction of sp³-hybridized carbons (Fsp3) is 0.583. The number of nitrogens with one attached hydrogen (secondary N) is 2. The summed E-state index contributed by atoms with van der Waals surface area (Å²) in [6, 6.07) is 0. The van der Waals surface area contributed by atoms with Gasteiger partial charge in [-0.2, -0.15) is 0 Å². The lowest BCUT2D eigenvalue weighted by molar-refractivity contribution is 0.0948. The summed E-state index contributed by atoms with van der Waals surface area (Å²) in [5, 5.41) is 5.81. The van der Waals surface area contributed by atoms with Gasteiger partial charge in [0.2, 0.25) is 0 Å². The molecule has 1 unspecified atom stereocenters. The van der Waals surface area contributed by atoms with Crippen molar-refractivity contribution in [2.75, 3.05) is 30.4 Å². The molecule has 1 heterocycles. The molecule has 1 atom stereocenters. The first-order valence-electron chi connectivity index (χ1n) is 6.27. The number of rotatable bonds is 8. The van der Waals surface area contributed by atoms with E-state index < -0.39 is 10.8 Å². The SMILES string of the molecule is CCCNc1cnc(C(=O)NCCCS(C)=O)cn1. The molecule has 106 valence electrons. The topological polar surface area (TPSA) is 84.0 Å². The van der Waals surface area contributed by atoms with Gasteiger partial charge in [0.1, 0.15) is 11.5 Å². The second kappa shape index (κ2) is 8.58. The molecule has 1 amide bonds. The van der Waals surface area contributed by atoms with Crippen molar-refractivity contribution in [2.24, 2.45) is 0 Å². The average molecular weight is 284 g/mol. The predicted molar refractivity (Wildman–Crippen MR) is 76.7 cm³/mol. The van der Waals surface area contributed by atoms with E-state index in [2.05, 4.69) is 27.5 Å². The van der Waals surface area contributed by atoms with Crippen molar-refractivity contribution >= 4 is 22.5 Å². The summed E-state index contributed by atoms with van der Waals surface area (Å²) in [5.41, 5.74) is 0.291. The Balaban J connectivity index is 2.37. The molecule has 7 heteroatoms. The van der Waals surface area contributed by atoms with Crippen LogP contribution < -0.4 is 10.6 Å². The van der Waals surface area contributed by atoms with Gasteiger partial charge in [-0.3, -0.25) is 9.00 Å². The Hall–Kier alpha value is -1.50. The van der Waals surface area contributed by atoms with Crippen LogP contribution in [0.1, 0.15) is 30.3 Å². The Morgan fingerprint density at radius 3 is 2.68 bits per heavy atom. The molecule has 0 saturated heterocycles. The molecule has 0 radical (unpaired) electrons. The highest BCUT2D eigenvalue weighted by Crippen LogP contribution is 2.01. The maximum absolute atomic E-state index is 11.7. The number of anilines is 1. The first kappa shape index (κ1) is 15.6. The summed E-state index contributed by atoms with van der Waals surface area (Å²) < 4.78 is 10.9. The Bertz CT molecular complexity index is 422. The van der Waals surface area contributed by atoms with E-state index in [0.29, 0.717) is 30.2 Å². The smallest absolute Gasteiger partial charge is 0.271 e. The van der Waals surface area contributed by atoms with Crippen molar-refractivity contribution in [3.8, 4) is 0 Å². The van der Waals surface area contributed by atoms with Crippen molar-refractivity contribution in [1.29, 1.82) is 0 Å². The molecule has 0 aromatic carbocycles. The summed E-state index contributed by atoms with van der Waals surface area (Å²) in [4.78, 5) is 19.9. The molecule has 0 fully saturated rings. The quantitative estimate of drug-likeness (QED) is 0.690. The molecule has 6 nitrogen and oxygen atoms in total. The standard InChI is InChI=1S/C12H20N4O2S/c1-3-5-13-11-9-15-10(8-16-11)12(17)14-6-4-7-19(2)18/h8-9H,3-7H2,1-2H3,(H,13,16)(H,14,17). The molecule has 0 spiro atoms. The summed E-state index contributed by atoms with van der Waals surface area (Å²) in [6.07, 6.45) is 6.34. The molecule has 2 N–H and O–H groups in total. The fourth-order valence-electron chi connectivity index (χ4n) is 1.36. The summed E-state index contributed by atoms with van der Waals surface area (Å²) in [5.74, 6) is 1.00. The Kier molecular flexibility index (Phi) is 7.02. The normalized spacial score (nSPS) is 11.9.